The van der Waals surface area contributed by atoms with E-state index in [4.69, 9.17) is 11.6 Å². The van der Waals surface area contributed by atoms with Crippen LogP contribution in [0.5, 0.6) is 0 Å². The third-order valence-electron chi connectivity index (χ3n) is 1.74. The molecule has 0 unspecified atom stereocenters. The molecule has 0 aromatic carbocycles. The van der Waals surface area contributed by atoms with E-state index in [0.29, 0.717) is 6.54 Å². The summed E-state index contributed by atoms with van der Waals surface area (Å²) in [6, 6.07) is 1.90. The summed E-state index contributed by atoms with van der Waals surface area (Å²) < 4.78 is 0. The Morgan fingerprint density at radius 1 is 1.69 bits per heavy atom. The molecule has 1 amide bonds. The van der Waals surface area contributed by atoms with Crippen molar-refractivity contribution in [2.45, 2.75) is 13.5 Å². The van der Waals surface area contributed by atoms with E-state index in [9.17, 15) is 4.79 Å². The zero-order valence-electron chi connectivity index (χ0n) is 7.38. The minimum Gasteiger partial charge on any atom is -0.351 e. The third kappa shape index (κ3) is 3.03. The molecule has 0 atom stereocenters. The molecule has 0 spiro atoms. The van der Waals surface area contributed by atoms with Crippen LogP contribution in [0.3, 0.4) is 0 Å². The van der Waals surface area contributed by atoms with Crippen LogP contribution in [0.2, 0.25) is 0 Å². The van der Waals surface area contributed by atoms with Crippen LogP contribution in [0.25, 0.3) is 0 Å². The summed E-state index contributed by atoms with van der Waals surface area (Å²) in [6.07, 6.45) is 3.46. The molecule has 1 N–H and O–H groups in total. The summed E-state index contributed by atoms with van der Waals surface area (Å²) in [5, 5.41) is 2.68. The highest BCUT2D eigenvalue weighted by Crippen LogP contribution is 2.03. The Bertz CT molecular complexity index is 301. The lowest BCUT2D eigenvalue weighted by Gasteiger charge is -2.05. The van der Waals surface area contributed by atoms with Crippen LogP contribution < -0.4 is 5.32 Å². The van der Waals surface area contributed by atoms with E-state index in [0.717, 1.165) is 11.1 Å². The first kappa shape index (κ1) is 9.99. The molecule has 1 rings (SSSR count). The van der Waals surface area contributed by atoms with Gasteiger partial charge in [-0.2, -0.15) is 0 Å². The molecule has 1 aromatic heterocycles. The number of rotatable bonds is 3. The van der Waals surface area contributed by atoms with Gasteiger partial charge in [0, 0.05) is 18.9 Å². The van der Waals surface area contributed by atoms with E-state index in [1.807, 2.05) is 13.0 Å². The molecule has 0 aliphatic heterocycles. The van der Waals surface area contributed by atoms with Gasteiger partial charge in [-0.3, -0.25) is 9.78 Å². The number of hydrogen-bond donors (Lipinski definition) is 1. The van der Waals surface area contributed by atoms with Crippen molar-refractivity contribution in [1.29, 1.82) is 0 Å². The van der Waals surface area contributed by atoms with Gasteiger partial charge in [0.25, 0.3) is 0 Å². The number of halogens is 1. The molecule has 1 aromatic rings. The monoisotopic (exact) mass is 198 g/mol. The average molecular weight is 199 g/mol. The molecule has 4 heteroatoms. The first-order chi connectivity index (χ1) is 6.24. The predicted octanol–water partition coefficient (Wildman–Crippen LogP) is 1.25. The molecule has 0 saturated carbocycles. The summed E-state index contributed by atoms with van der Waals surface area (Å²) in [4.78, 5) is 14.8. The fraction of sp³-hybridized carbons (Fsp3) is 0.333. The van der Waals surface area contributed by atoms with Gasteiger partial charge in [-0.05, 0) is 24.1 Å². The van der Waals surface area contributed by atoms with E-state index in [2.05, 4.69) is 10.3 Å². The van der Waals surface area contributed by atoms with Gasteiger partial charge >= 0.3 is 0 Å². The van der Waals surface area contributed by atoms with Gasteiger partial charge in [0.1, 0.15) is 5.88 Å². The maximum Gasteiger partial charge on any atom is 0.235 e. The van der Waals surface area contributed by atoms with Crippen molar-refractivity contribution >= 4 is 17.5 Å². The molecular weight excluding hydrogens is 188 g/mol. The lowest BCUT2D eigenvalue weighted by atomic mass is 10.2. The van der Waals surface area contributed by atoms with Crippen LogP contribution in [0, 0.1) is 6.92 Å². The molecule has 0 radical (unpaired) electrons. The molecule has 0 bridgehead atoms. The summed E-state index contributed by atoms with van der Waals surface area (Å²) >= 11 is 5.33. The number of nitrogens with zero attached hydrogens (tertiary/aromatic N) is 1. The van der Waals surface area contributed by atoms with Crippen LogP contribution in [0.1, 0.15) is 11.1 Å². The van der Waals surface area contributed by atoms with Crippen molar-refractivity contribution in [3.05, 3.63) is 29.6 Å². The Morgan fingerprint density at radius 3 is 3.08 bits per heavy atom. The summed E-state index contributed by atoms with van der Waals surface area (Å²) in [5.41, 5.74) is 2.13. The molecule has 3 nitrogen and oxygen atoms in total. The number of carbonyl (C=O) groups is 1. The SMILES string of the molecule is Cc1ccncc1CNC(=O)CCl. The number of hydrogen-bond acceptors (Lipinski definition) is 2. The van der Waals surface area contributed by atoms with Gasteiger partial charge in [-0.1, -0.05) is 0 Å². The zero-order chi connectivity index (χ0) is 9.68. The number of nitrogens with one attached hydrogen (secondary N) is 1. The van der Waals surface area contributed by atoms with Crippen LogP contribution in [-0.4, -0.2) is 16.8 Å². The molecule has 70 valence electrons. The number of aryl methyl sites for hydroxylation is 1. The third-order valence-corrected chi connectivity index (χ3v) is 1.99. The van der Waals surface area contributed by atoms with Crippen LogP contribution in [-0.2, 0) is 11.3 Å². The number of amides is 1. The van der Waals surface area contributed by atoms with Crippen molar-refractivity contribution in [3.63, 3.8) is 0 Å². The Labute approximate surface area is 82.1 Å². The lowest BCUT2D eigenvalue weighted by molar-refractivity contribution is -0.118. The standard InChI is InChI=1S/C9H11ClN2O/c1-7-2-3-11-5-8(7)6-12-9(13)4-10/h2-3,5H,4,6H2,1H3,(H,12,13). The Balaban J connectivity index is 2.54. The second-order valence-corrected chi connectivity index (χ2v) is 2.98. The second-order valence-electron chi connectivity index (χ2n) is 2.71. The fourth-order valence-corrected chi connectivity index (χ4v) is 1.02. The van der Waals surface area contributed by atoms with Gasteiger partial charge in [0.2, 0.25) is 5.91 Å². The maximum absolute atomic E-state index is 10.8. The molecule has 0 aliphatic rings. The molecule has 13 heavy (non-hydrogen) atoms. The Morgan fingerprint density at radius 2 is 2.46 bits per heavy atom. The molecule has 0 aliphatic carbocycles. The maximum atomic E-state index is 10.8. The summed E-state index contributed by atoms with van der Waals surface area (Å²) in [5.74, 6) is -0.163. The van der Waals surface area contributed by atoms with Crippen molar-refractivity contribution in [1.82, 2.24) is 10.3 Å². The molecular formula is C9H11ClN2O. The van der Waals surface area contributed by atoms with Gasteiger partial charge in [0.05, 0.1) is 0 Å². The van der Waals surface area contributed by atoms with Gasteiger partial charge < -0.3 is 5.32 Å². The summed E-state index contributed by atoms with van der Waals surface area (Å²) in [7, 11) is 0. The highest BCUT2D eigenvalue weighted by Gasteiger charge is 2.00. The molecule has 0 fully saturated rings. The quantitative estimate of drug-likeness (QED) is 0.743. The van der Waals surface area contributed by atoms with E-state index >= 15 is 0 Å². The smallest absolute Gasteiger partial charge is 0.235 e. The van der Waals surface area contributed by atoms with Crippen LogP contribution >= 0.6 is 11.6 Å². The van der Waals surface area contributed by atoms with Crippen molar-refractivity contribution in [2.24, 2.45) is 0 Å². The molecule has 1 heterocycles. The topological polar surface area (TPSA) is 42.0 Å². The normalized spacial score (nSPS) is 9.69. The van der Waals surface area contributed by atoms with E-state index < -0.39 is 0 Å². The van der Waals surface area contributed by atoms with Crippen molar-refractivity contribution in [3.8, 4) is 0 Å². The first-order valence-corrected chi connectivity index (χ1v) is 4.49. The highest BCUT2D eigenvalue weighted by molar-refractivity contribution is 6.27. The fourth-order valence-electron chi connectivity index (χ4n) is 0.923. The minimum atomic E-state index is -0.162. The van der Waals surface area contributed by atoms with Gasteiger partial charge in [-0.15, -0.1) is 11.6 Å². The van der Waals surface area contributed by atoms with Crippen LogP contribution in [0.15, 0.2) is 18.5 Å². The number of pyridine rings is 1. The summed E-state index contributed by atoms with van der Waals surface area (Å²) in [6.45, 7) is 2.47. The average Bonchev–Trinajstić information content (AvgIpc) is 2.16. The minimum absolute atomic E-state index is 0.000685. The Hall–Kier alpha value is -1.09. The van der Waals surface area contributed by atoms with Gasteiger partial charge in [-0.25, -0.2) is 0 Å². The van der Waals surface area contributed by atoms with Crippen molar-refractivity contribution in [2.75, 3.05) is 5.88 Å². The Kier molecular flexibility index (Phi) is 3.71. The lowest BCUT2D eigenvalue weighted by Crippen LogP contribution is -2.24. The molecule has 0 saturated heterocycles. The van der Waals surface area contributed by atoms with E-state index in [-0.39, 0.29) is 11.8 Å². The highest BCUT2D eigenvalue weighted by atomic mass is 35.5. The largest absolute Gasteiger partial charge is 0.351 e. The van der Waals surface area contributed by atoms with E-state index in [1.54, 1.807) is 12.4 Å². The second kappa shape index (κ2) is 4.82. The van der Waals surface area contributed by atoms with Crippen molar-refractivity contribution < 1.29 is 4.79 Å². The van der Waals surface area contributed by atoms with Gasteiger partial charge in [0.15, 0.2) is 0 Å². The number of alkyl halides is 1. The predicted molar refractivity (Wildman–Crippen MR) is 51.5 cm³/mol. The number of carbonyl (C=O) groups excluding carboxylic acids is 1. The van der Waals surface area contributed by atoms with E-state index in [1.165, 1.54) is 0 Å². The van der Waals surface area contributed by atoms with Crippen LogP contribution in [0.4, 0.5) is 0 Å². The first-order valence-electron chi connectivity index (χ1n) is 3.96. The number of aromatic nitrogens is 1. The zero-order valence-corrected chi connectivity index (χ0v) is 8.14.